The third kappa shape index (κ3) is 2.58. The van der Waals surface area contributed by atoms with Crippen molar-refractivity contribution in [3.63, 3.8) is 0 Å². The smallest absolute Gasteiger partial charge is 0.165 e. The molecule has 0 aliphatic heterocycles. The number of anilines is 1. The summed E-state index contributed by atoms with van der Waals surface area (Å²) in [5.74, 6) is 0.629. The first-order chi connectivity index (χ1) is 8.18. The van der Waals surface area contributed by atoms with Gasteiger partial charge in [-0.25, -0.2) is 15.0 Å². The van der Waals surface area contributed by atoms with Gasteiger partial charge >= 0.3 is 0 Å². The maximum absolute atomic E-state index is 10.8. The van der Waals surface area contributed by atoms with Gasteiger partial charge in [-0.1, -0.05) is 0 Å². The highest BCUT2D eigenvalue weighted by Gasteiger charge is 2.07. The van der Waals surface area contributed by atoms with Crippen molar-refractivity contribution in [1.82, 2.24) is 19.5 Å². The number of hydrogen-bond donors (Lipinski definition) is 1. The number of aryl methyl sites for hydroxylation is 1. The lowest BCUT2D eigenvalue weighted by Gasteiger charge is -2.02. The zero-order valence-electron chi connectivity index (χ0n) is 9.76. The van der Waals surface area contributed by atoms with E-state index in [1.807, 2.05) is 4.57 Å². The van der Waals surface area contributed by atoms with Crippen molar-refractivity contribution in [2.24, 2.45) is 0 Å². The normalized spacial score (nSPS) is 10.9. The Morgan fingerprint density at radius 1 is 1.35 bits per heavy atom. The van der Waals surface area contributed by atoms with Gasteiger partial charge in [0.05, 0.1) is 6.33 Å². The lowest BCUT2D eigenvalue weighted by atomic mass is 10.2. The van der Waals surface area contributed by atoms with E-state index in [9.17, 15) is 4.79 Å². The van der Waals surface area contributed by atoms with Gasteiger partial charge in [0, 0.05) is 13.0 Å². The van der Waals surface area contributed by atoms with Gasteiger partial charge in [-0.05, 0) is 19.8 Å². The molecule has 17 heavy (non-hydrogen) atoms. The van der Waals surface area contributed by atoms with Gasteiger partial charge in [0.1, 0.15) is 17.6 Å². The second-order valence-corrected chi connectivity index (χ2v) is 4.03. The molecule has 0 aliphatic carbocycles. The number of rotatable bonds is 5. The Labute approximate surface area is 98.9 Å². The third-order valence-corrected chi connectivity index (χ3v) is 2.61. The molecule has 0 saturated carbocycles. The van der Waals surface area contributed by atoms with Crippen LogP contribution in [0.15, 0.2) is 12.7 Å². The Kier molecular flexibility index (Phi) is 3.32. The Balaban J connectivity index is 2.04. The zero-order chi connectivity index (χ0) is 12.3. The van der Waals surface area contributed by atoms with Gasteiger partial charge in [-0.3, -0.25) is 0 Å². The largest absolute Gasteiger partial charge is 0.382 e. The highest BCUT2D eigenvalue weighted by atomic mass is 16.1. The lowest BCUT2D eigenvalue weighted by Crippen LogP contribution is -2.00. The van der Waals surface area contributed by atoms with E-state index in [4.69, 9.17) is 5.73 Å². The molecule has 0 atom stereocenters. The van der Waals surface area contributed by atoms with Gasteiger partial charge in [0.15, 0.2) is 11.5 Å². The molecule has 0 amide bonds. The van der Waals surface area contributed by atoms with Crippen LogP contribution in [0, 0.1) is 0 Å². The van der Waals surface area contributed by atoms with Gasteiger partial charge in [-0.2, -0.15) is 0 Å². The minimum atomic E-state index is 0.229. The standard InChI is InChI=1S/C11H15N5O/c1-8(17)4-2-3-5-16-7-15-9-10(12)13-6-14-11(9)16/h6-7H,2-5H2,1H3,(H2,12,13,14). The van der Waals surface area contributed by atoms with Crippen LogP contribution in [0.25, 0.3) is 11.2 Å². The molecule has 0 saturated heterocycles. The Morgan fingerprint density at radius 2 is 2.18 bits per heavy atom. The fourth-order valence-corrected chi connectivity index (χ4v) is 1.72. The van der Waals surface area contributed by atoms with Crippen molar-refractivity contribution in [3.05, 3.63) is 12.7 Å². The topological polar surface area (TPSA) is 86.7 Å². The minimum Gasteiger partial charge on any atom is -0.382 e. The number of Topliss-reactive ketones (excluding diaryl/α,β-unsaturated/α-hetero) is 1. The molecule has 2 aromatic heterocycles. The van der Waals surface area contributed by atoms with Crippen molar-refractivity contribution < 1.29 is 4.79 Å². The second kappa shape index (κ2) is 4.90. The highest BCUT2D eigenvalue weighted by molar-refractivity contribution is 5.81. The molecule has 0 fully saturated rings. The Morgan fingerprint density at radius 3 is 2.94 bits per heavy atom. The summed E-state index contributed by atoms with van der Waals surface area (Å²) >= 11 is 0. The highest BCUT2D eigenvalue weighted by Crippen LogP contribution is 2.14. The van der Waals surface area contributed by atoms with Crippen LogP contribution < -0.4 is 5.73 Å². The van der Waals surface area contributed by atoms with E-state index in [0.717, 1.165) is 25.0 Å². The van der Waals surface area contributed by atoms with Crippen molar-refractivity contribution >= 4 is 22.8 Å². The van der Waals surface area contributed by atoms with Crippen molar-refractivity contribution in [1.29, 1.82) is 0 Å². The monoisotopic (exact) mass is 233 g/mol. The van der Waals surface area contributed by atoms with Crippen LogP contribution in [0.4, 0.5) is 5.82 Å². The molecule has 90 valence electrons. The van der Waals surface area contributed by atoms with Gasteiger partial charge in [-0.15, -0.1) is 0 Å². The molecule has 0 radical (unpaired) electrons. The predicted octanol–water partition coefficient (Wildman–Crippen LogP) is 1.17. The van der Waals surface area contributed by atoms with Gasteiger partial charge < -0.3 is 15.1 Å². The number of nitrogen functional groups attached to an aromatic ring is 1. The van der Waals surface area contributed by atoms with Crippen LogP contribution in [0.3, 0.4) is 0 Å². The van der Waals surface area contributed by atoms with E-state index >= 15 is 0 Å². The number of carbonyl (C=O) groups is 1. The van der Waals surface area contributed by atoms with Crippen molar-refractivity contribution in [3.8, 4) is 0 Å². The van der Waals surface area contributed by atoms with E-state index in [2.05, 4.69) is 15.0 Å². The number of carbonyl (C=O) groups excluding carboxylic acids is 1. The van der Waals surface area contributed by atoms with E-state index in [1.165, 1.54) is 6.33 Å². The molecule has 0 aliphatic rings. The molecule has 6 heteroatoms. The number of ketones is 1. The van der Waals surface area contributed by atoms with Crippen LogP contribution in [0.2, 0.25) is 0 Å². The maximum atomic E-state index is 10.8. The average molecular weight is 233 g/mol. The number of nitrogens with zero attached hydrogens (tertiary/aromatic N) is 4. The fourth-order valence-electron chi connectivity index (χ4n) is 1.72. The zero-order valence-corrected chi connectivity index (χ0v) is 9.76. The molecule has 2 aromatic rings. The summed E-state index contributed by atoms with van der Waals surface area (Å²) in [5, 5.41) is 0. The van der Waals surface area contributed by atoms with Gasteiger partial charge in [0.25, 0.3) is 0 Å². The third-order valence-electron chi connectivity index (χ3n) is 2.61. The summed E-state index contributed by atoms with van der Waals surface area (Å²) in [7, 11) is 0. The summed E-state index contributed by atoms with van der Waals surface area (Å²) < 4.78 is 1.94. The summed E-state index contributed by atoms with van der Waals surface area (Å²) in [6.45, 7) is 2.40. The molecular weight excluding hydrogens is 218 g/mol. The number of nitrogens with two attached hydrogens (primary N) is 1. The summed E-state index contributed by atoms with van der Waals surface area (Å²) in [6, 6.07) is 0. The van der Waals surface area contributed by atoms with E-state index < -0.39 is 0 Å². The SMILES string of the molecule is CC(=O)CCCCn1cnc2c(N)ncnc21. The summed E-state index contributed by atoms with van der Waals surface area (Å²) in [6.07, 6.45) is 5.59. The quantitative estimate of drug-likeness (QED) is 0.783. The first kappa shape index (κ1) is 11.5. The first-order valence-corrected chi connectivity index (χ1v) is 5.59. The van der Waals surface area contributed by atoms with E-state index in [1.54, 1.807) is 13.3 Å². The minimum absolute atomic E-state index is 0.229. The maximum Gasteiger partial charge on any atom is 0.165 e. The van der Waals surface area contributed by atoms with Crippen LogP contribution in [-0.2, 0) is 11.3 Å². The molecular formula is C11H15N5O. The van der Waals surface area contributed by atoms with E-state index in [0.29, 0.717) is 17.8 Å². The average Bonchev–Trinajstić information content (AvgIpc) is 2.69. The summed E-state index contributed by atoms with van der Waals surface area (Å²) in [4.78, 5) is 23.0. The van der Waals surface area contributed by atoms with E-state index in [-0.39, 0.29) is 5.78 Å². The van der Waals surface area contributed by atoms with Gasteiger partial charge in [0.2, 0.25) is 0 Å². The Hall–Kier alpha value is -1.98. The van der Waals surface area contributed by atoms with Crippen molar-refractivity contribution in [2.45, 2.75) is 32.7 Å². The molecule has 0 unspecified atom stereocenters. The molecule has 6 nitrogen and oxygen atoms in total. The van der Waals surface area contributed by atoms with Crippen molar-refractivity contribution in [2.75, 3.05) is 5.73 Å². The summed E-state index contributed by atoms with van der Waals surface area (Å²) in [5.41, 5.74) is 7.08. The van der Waals surface area contributed by atoms with Crippen LogP contribution in [-0.4, -0.2) is 25.3 Å². The number of hydrogen-bond acceptors (Lipinski definition) is 5. The number of imidazole rings is 1. The number of unbranched alkanes of at least 4 members (excludes halogenated alkanes) is 1. The molecule has 2 heterocycles. The van der Waals surface area contributed by atoms with Crippen LogP contribution in [0.5, 0.6) is 0 Å². The van der Waals surface area contributed by atoms with Crippen LogP contribution in [0.1, 0.15) is 26.2 Å². The van der Waals surface area contributed by atoms with Crippen LogP contribution >= 0.6 is 0 Å². The first-order valence-electron chi connectivity index (χ1n) is 5.59. The lowest BCUT2D eigenvalue weighted by molar-refractivity contribution is -0.117. The number of fused-ring (bicyclic) bond motifs is 1. The number of aromatic nitrogens is 4. The molecule has 2 N–H and O–H groups in total. The molecule has 0 aromatic carbocycles. The predicted molar refractivity (Wildman–Crippen MR) is 64.3 cm³/mol. The fraction of sp³-hybridized carbons (Fsp3) is 0.455. The Bertz CT molecular complexity index is 534. The molecule has 2 rings (SSSR count). The molecule has 0 bridgehead atoms. The second-order valence-electron chi connectivity index (χ2n) is 4.03. The molecule has 0 spiro atoms.